The third kappa shape index (κ3) is 3.83. The van der Waals surface area contributed by atoms with Gasteiger partial charge in [0.1, 0.15) is 11.0 Å². The highest BCUT2D eigenvalue weighted by Gasteiger charge is 2.38. The van der Waals surface area contributed by atoms with Gasteiger partial charge in [-0.2, -0.15) is 8.75 Å². The van der Waals surface area contributed by atoms with Gasteiger partial charge in [0, 0.05) is 43.1 Å². The van der Waals surface area contributed by atoms with Crippen LogP contribution in [0.25, 0.3) is 99.0 Å². The van der Waals surface area contributed by atoms with Crippen LogP contribution in [0.15, 0.2) is 146 Å². The summed E-state index contributed by atoms with van der Waals surface area (Å²) in [6, 6.07) is 54.3. The zero-order valence-corrected chi connectivity index (χ0v) is 32.9. The quantitative estimate of drug-likeness (QED) is 0.176. The zero-order valence-electron chi connectivity index (χ0n) is 32.1. The maximum Gasteiger partial charge on any atom is 0.131 e. The third-order valence-electron chi connectivity index (χ3n) is 13.6. The Kier molecular flexibility index (Phi) is 5.90. The molecule has 0 saturated heterocycles. The first-order valence-corrected chi connectivity index (χ1v) is 20.6. The lowest BCUT2D eigenvalue weighted by atomic mass is 9.82. The summed E-state index contributed by atoms with van der Waals surface area (Å²) in [5.74, 6) is 0. The summed E-state index contributed by atoms with van der Waals surface area (Å²) in [5, 5.41) is 7.30. The first-order valence-electron chi connectivity index (χ1n) is 19.9. The molecule has 11 aromatic rings. The van der Waals surface area contributed by atoms with Crippen LogP contribution in [0.5, 0.6) is 0 Å². The van der Waals surface area contributed by atoms with Gasteiger partial charge >= 0.3 is 0 Å². The van der Waals surface area contributed by atoms with Gasteiger partial charge in [0.2, 0.25) is 0 Å². The van der Waals surface area contributed by atoms with Gasteiger partial charge in [-0.25, -0.2) is 0 Å². The summed E-state index contributed by atoms with van der Waals surface area (Å²) >= 11 is 1.30. The van der Waals surface area contributed by atoms with Gasteiger partial charge in [-0.3, -0.25) is 0 Å². The minimum atomic E-state index is -0.0932. The molecule has 0 fully saturated rings. The summed E-state index contributed by atoms with van der Waals surface area (Å²) in [6.07, 6.45) is 0. The van der Waals surface area contributed by atoms with Gasteiger partial charge in [0.05, 0.1) is 45.2 Å². The van der Waals surface area contributed by atoms with Crippen molar-refractivity contribution in [1.82, 2.24) is 17.9 Å². The highest BCUT2D eigenvalue weighted by atomic mass is 32.1. The van der Waals surface area contributed by atoms with Crippen molar-refractivity contribution >= 4 is 77.1 Å². The zero-order chi connectivity index (χ0) is 37.9. The number of rotatable bonds is 2. The lowest BCUT2D eigenvalue weighted by molar-refractivity contribution is 0.661. The Morgan fingerprint density at radius 2 is 0.754 bits per heavy atom. The summed E-state index contributed by atoms with van der Waals surface area (Å²) in [5.41, 5.74) is 19.3. The Balaban J connectivity index is 1.17. The summed E-state index contributed by atoms with van der Waals surface area (Å²) in [6.45, 7) is 9.45. The molecule has 3 aromatic heterocycles. The molecular weight excluding hydrogens is 713 g/mol. The fourth-order valence-electron chi connectivity index (χ4n) is 10.9. The van der Waals surface area contributed by atoms with E-state index in [1.165, 1.54) is 99.8 Å². The minimum absolute atomic E-state index is 0.0932. The first-order chi connectivity index (χ1) is 27.8. The van der Waals surface area contributed by atoms with Crippen molar-refractivity contribution < 1.29 is 0 Å². The number of para-hydroxylation sites is 2. The molecule has 0 saturated carbocycles. The van der Waals surface area contributed by atoms with Crippen LogP contribution in [0.1, 0.15) is 49.9 Å². The van der Waals surface area contributed by atoms with E-state index in [4.69, 9.17) is 8.75 Å². The number of aromatic nitrogens is 4. The van der Waals surface area contributed by atoms with Crippen LogP contribution in [0.2, 0.25) is 0 Å². The molecule has 0 unspecified atom stereocenters. The molecule has 270 valence electrons. The molecule has 2 aliphatic rings. The van der Waals surface area contributed by atoms with Gasteiger partial charge in [0.15, 0.2) is 0 Å². The van der Waals surface area contributed by atoms with Gasteiger partial charge in [-0.05, 0) is 80.9 Å². The molecule has 57 heavy (non-hydrogen) atoms. The van der Waals surface area contributed by atoms with Gasteiger partial charge in [-0.1, -0.05) is 137 Å². The lowest BCUT2D eigenvalue weighted by Gasteiger charge is -2.21. The monoisotopic (exact) mass is 748 g/mol. The average molecular weight is 749 g/mol. The van der Waals surface area contributed by atoms with E-state index >= 15 is 0 Å². The summed E-state index contributed by atoms with van der Waals surface area (Å²) in [7, 11) is 0. The maximum atomic E-state index is 5.20. The molecule has 13 rings (SSSR count). The molecule has 0 atom stereocenters. The van der Waals surface area contributed by atoms with E-state index < -0.39 is 0 Å². The Bertz CT molecular complexity index is 3360. The van der Waals surface area contributed by atoms with Crippen molar-refractivity contribution in [1.29, 1.82) is 0 Å². The smallest absolute Gasteiger partial charge is 0.131 e. The van der Waals surface area contributed by atoms with E-state index in [9.17, 15) is 0 Å². The van der Waals surface area contributed by atoms with E-state index in [0.717, 1.165) is 33.2 Å². The molecule has 0 spiro atoms. The molecule has 0 radical (unpaired) electrons. The summed E-state index contributed by atoms with van der Waals surface area (Å²) in [4.78, 5) is 0. The second-order valence-electron chi connectivity index (χ2n) is 17.1. The van der Waals surface area contributed by atoms with Crippen molar-refractivity contribution in [2.24, 2.45) is 0 Å². The van der Waals surface area contributed by atoms with Crippen LogP contribution < -0.4 is 0 Å². The van der Waals surface area contributed by atoms with E-state index in [2.05, 4.69) is 182 Å². The van der Waals surface area contributed by atoms with Crippen LogP contribution in [0, 0.1) is 0 Å². The van der Waals surface area contributed by atoms with E-state index in [1.807, 2.05) is 0 Å². The maximum absolute atomic E-state index is 5.20. The normalized spacial score (nSPS) is 14.9. The topological polar surface area (TPSA) is 35.6 Å². The molecule has 4 nitrogen and oxygen atoms in total. The van der Waals surface area contributed by atoms with Gasteiger partial charge in [0.25, 0.3) is 0 Å². The molecule has 5 heteroatoms. The molecule has 0 amide bonds. The van der Waals surface area contributed by atoms with E-state index in [1.54, 1.807) is 0 Å². The number of nitrogens with zero attached hydrogens (tertiary/aromatic N) is 4. The van der Waals surface area contributed by atoms with Crippen molar-refractivity contribution in [2.45, 2.75) is 38.5 Å². The molecule has 0 aliphatic heterocycles. The third-order valence-corrected chi connectivity index (χ3v) is 14.1. The highest BCUT2D eigenvalue weighted by molar-refractivity contribution is 7.00. The summed E-state index contributed by atoms with van der Waals surface area (Å²) < 4.78 is 15.4. The van der Waals surface area contributed by atoms with Crippen LogP contribution in [0.4, 0.5) is 0 Å². The van der Waals surface area contributed by atoms with Crippen molar-refractivity contribution in [3.63, 3.8) is 0 Å². The predicted octanol–water partition coefficient (Wildman–Crippen LogP) is 13.7. The highest BCUT2D eigenvalue weighted by Crippen LogP contribution is 2.53. The van der Waals surface area contributed by atoms with Gasteiger partial charge in [-0.15, -0.1) is 0 Å². The van der Waals surface area contributed by atoms with E-state index in [0.29, 0.717) is 0 Å². The second kappa shape index (κ2) is 10.6. The van der Waals surface area contributed by atoms with Crippen molar-refractivity contribution in [2.75, 3.05) is 0 Å². The fraction of sp³-hybridized carbons (Fsp3) is 0.115. The molecular formula is C52H36N4S. The Morgan fingerprint density at radius 3 is 1.21 bits per heavy atom. The van der Waals surface area contributed by atoms with E-state index in [-0.39, 0.29) is 10.8 Å². The number of fused-ring (bicyclic) bond motifs is 14. The Hall–Kier alpha value is -6.56. The molecule has 0 N–H and O–H groups in total. The molecule has 8 aromatic carbocycles. The second-order valence-corrected chi connectivity index (χ2v) is 17.6. The first kappa shape index (κ1) is 31.6. The Morgan fingerprint density at radius 1 is 0.368 bits per heavy atom. The number of hydrogen-bond donors (Lipinski definition) is 0. The molecule has 3 heterocycles. The van der Waals surface area contributed by atoms with Gasteiger partial charge < -0.3 is 9.13 Å². The molecule has 2 aliphatic carbocycles. The van der Waals surface area contributed by atoms with Crippen molar-refractivity contribution in [3.05, 3.63) is 168 Å². The largest absolute Gasteiger partial charge is 0.306 e. The number of hydrogen-bond acceptors (Lipinski definition) is 3. The molecule has 0 bridgehead atoms. The van der Waals surface area contributed by atoms with Crippen LogP contribution >= 0.6 is 11.7 Å². The van der Waals surface area contributed by atoms with Crippen molar-refractivity contribution in [3.8, 4) is 33.6 Å². The lowest BCUT2D eigenvalue weighted by Crippen LogP contribution is -2.14. The van der Waals surface area contributed by atoms with Crippen LogP contribution in [0.3, 0.4) is 0 Å². The SMILES string of the molecule is CC1(C)c2ccccc2-c2cc3c(cc21)c1ccccc1n3-c1c2ccccc2c(-n2c3ccccc3c3cc4c(cc32)-c2ccccc2C4(C)C)c2nsnc12. The van der Waals surface area contributed by atoms with Crippen LogP contribution in [-0.2, 0) is 10.8 Å². The average Bonchev–Trinajstić information content (AvgIpc) is 4.02. The number of benzene rings is 8. The van der Waals surface area contributed by atoms with Crippen LogP contribution in [-0.4, -0.2) is 17.9 Å². The minimum Gasteiger partial charge on any atom is -0.306 e. The standard InChI is InChI=1S/C52H36N4S/c1-51(2)39-21-11-7-15-29(39)35-27-45-37(25-41(35)51)31-17-9-13-23-43(31)55(45)49-33-19-5-6-20-34(33)50(48-47(49)53-57-54-48)56-44-24-14-10-18-32(44)38-26-42-36(28-46(38)56)30-16-8-12-22-40(30)52(42,3)4/h5-28H,1-4H3. The predicted molar refractivity (Wildman–Crippen MR) is 239 cm³/mol. The fourth-order valence-corrected chi connectivity index (χ4v) is 11.5. The Labute approximate surface area is 333 Å².